The van der Waals surface area contributed by atoms with E-state index in [9.17, 15) is 5.26 Å². The molecule has 0 heterocycles. The zero-order valence-electron chi connectivity index (χ0n) is 21.5. The first-order valence-electron chi connectivity index (χ1n) is 13.7. The third kappa shape index (κ3) is 5.09. The van der Waals surface area contributed by atoms with E-state index in [0.717, 1.165) is 64.2 Å². The predicted molar refractivity (Wildman–Crippen MR) is 152 cm³/mol. The Hall–Kier alpha value is -3.90. The van der Waals surface area contributed by atoms with Crippen molar-refractivity contribution in [2.75, 3.05) is 9.80 Å². The smallest absolute Gasteiger partial charge is 0.212 e. The van der Waals surface area contributed by atoms with Crippen molar-refractivity contribution in [3.8, 4) is 6.07 Å². The van der Waals surface area contributed by atoms with Gasteiger partial charge < -0.3 is 9.80 Å². The maximum atomic E-state index is 15.2. The van der Waals surface area contributed by atoms with Crippen LogP contribution in [0.1, 0.15) is 72.6 Å². The summed E-state index contributed by atoms with van der Waals surface area (Å²) in [4.78, 5) is 7.74. The van der Waals surface area contributed by atoms with E-state index < -0.39 is 0 Å². The molecule has 2 fully saturated rings. The fraction of sp³-hybridized carbons (Fsp3) is 0.375. The summed E-state index contributed by atoms with van der Waals surface area (Å²) in [7, 11) is 0. The van der Waals surface area contributed by atoms with E-state index >= 15 is 8.78 Å². The lowest BCUT2D eigenvalue weighted by atomic mass is 9.91. The first-order chi connectivity index (χ1) is 18.6. The molecule has 3 aromatic rings. The van der Waals surface area contributed by atoms with Gasteiger partial charge in [-0.05, 0) is 62.1 Å². The van der Waals surface area contributed by atoms with Crippen LogP contribution in [0, 0.1) is 29.5 Å². The molecule has 2 aliphatic carbocycles. The Morgan fingerprint density at radius 2 is 1.18 bits per heavy atom. The van der Waals surface area contributed by atoms with Gasteiger partial charge in [0, 0.05) is 26.3 Å². The molecule has 0 aliphatic heterocycles. The number of hydrogen-bond acceptors (Lipinski definition) is 3. The van der Waals surface area contributed by atoms with Crippen molar-refractivity contribution in [2.24, 2.45) is 0 Å². The number of para-hydroxylation sites is 2. The van der Waals surface area contributed by atoms with Crippen LogP contribution in [-0.4, -0.2) is 12.1 Å². The van der Waals surface area contributed by atoms with Gasteiger partial charge in [-0.2, -0.15) is 5.26 Å². The molecule has 0 aromatic heterocycles. The van der Waals surface area contributed by atoms with Gasteiger partial charge >= 0.3 is 0 Å². The van der Waals surface area contributed by atoms with Gasteiger partial charge in [-0.25, -0.2) is 13.6 Å². The Bertz CT molecular complexity index is 1270. The number of benzene rings is 3. The maximum Gasteiger partial charge on any atom is 0.212 e. The Balaban J connectivity index is 0.00000220. The van der Waals surface area contributed by atoms with Gasteiger partial charge in [-0.1, -0.05) is 62.8 Å². The average Bonchev–Trinajstić information content (AvgIpc) is 2.96. The van der Waals surface area contributed by atoms with Gasteiger partial charge in [0.05, 0.1) is 23.5 Å². The van der Waals surface area contributed by atoms with Crippen molar-refractivity contribution in [1.29, 1.82) is 5.26 Å². The molecule has 4 nitrogen and oxygen atoms in total. The molecule has 2 aliphatic rings. The molecular formula is C32H36F2N4. The molecule has 6 heteroatoms. The number of halogens is 2. The van der Waals surface area contributed by atoms with Crippen LogP contribution in [0.15, 0.2) is 60.7 Å². The molecule has 38 heavy (non-hydrogen) atoms. The summed E-state index contributed by atoms with van der Waals surface area (Å²) in [6.45, 7) is 8.09. The zero-order chi connectivity index (χ0) is 26.5. The molecule has 0 unspecified atom stereocenters. The highest BCUT2D eigenvalue weighted by molar-refractivity contribution is 5.86. The second-order valence-electron chi connectivity index (χ2n) is 10.3. The summed E-state index contributed by atoms with van der Waals surface area (Å²) in [5.41, 5.74) is 2.60. The molecular weight excluding hydrogens is 478 g/mol. The first-order valence-corrected chi connectivity index (χ1v) is 13.7. The topological polar surface area (TPSA) is 34.6 Å². The third-order valence-electron chi connectivity index (χ3n) is 7.96. The van der Waals surface area contributed by atoms with E-state index in [-0.39, 0.29) is 26.6 Å². The number of nitriles is 1. The maximum absolute atomic E-state index is 15.2. The highest BCUT2D eigenvalue weighted by Gasteiger charge is 2.31. The lowest BCUT2D eigenvalue weighted by molar-refractivity contribution is 0.432. The Labute approximate surface area is 226 Å². The van der Waals surface area contributed by atoms with Crippen LogP contribution < -0.4 is 9.80 Å². The van der Waals surface area contributed by atoms with E-state index in [1.165, 1.54) is 12.1 Å². The minimum Gasteiger partial charge on any atom is -0.345 e. The first kappa shape index (κ1) is 25.7. The van der Waals surface area contributed by atoms with E-state index in [1.54, 1.807) is 48.5 Å². The Kier molecular flexibility index (Phi) is 7.89. The molecule has 198 valence electrons. The van der Waals surface area contributed by atoms with Gasteiger partial charge in [-0.15, -0.1) is 0 Å². The number of hydrogen-bond donors (Lipinski definition) is 0. The summed E-state index contributed by atoms with van der Waals surface area (Å²) in [5.74, 6) is -0.711. The van der Waals surface area contributed by atoms with Crippen LogP contribution in [0.25, 0.3) is 4.85 Å². The zero-order valence-corrected chi connectivity index (χ0v) is 21.5. The van der Waals surface area contributed by atoms with E-state index in [0.29, 0.717) is 34.0 Å². The summed E-state index contributed by atoms with van der Waals surface area (Å²) in [5, 5.41) is 10.3. The minimum absolute atomic E-state index is 0. The molecule has 0 N–H and O–H groups in total. The molecule has 0 radical (unpaired) electrons. The number of rotatable bonds is 6. The molecule has 0 bridgehead atoms. The Morgan fingerprint density at radius 1 is 0.711 bits per heavy atom. The third-order valence-corrected chi connectivity index (χ3v) is 7.96. The molecule has 0 saturated heterocycles. The highest BCUT2D eigenvalue weighted by atomic mass is 19.1. The fourth-order valence-corrected chi connectivity index (χ4v) is 6.16. The van der Waals surface area contributed by atoms with E-state index in [1.807, 2.05) is 9.80 Å². The SMILES string of the molecule is [C-]#[N+]c1cc(N(c2ccccc2F)C2CCCCC2)c(C#N)cc1N(c1ccccc1F)C1CCCCC1.[HH].[HH]. The lowest BCUT2D eigenvalue weighted by Gasteiger charge is -2.39. The number of nitrogens with zero attached hydrogens (tertiary/aromatic N) is 4. The van der Waals surface area contributed by atoms with Crippen molar-refractivity contribution < 1.29 is 11.6 Å². The molecule has 2 saturated carbocycles. The summed E-state index contributed by atoms with van der Waals surface area (Å²) < 4.78 is 30.4. The molecule has 5 rings (SSSR count). The monoisotopic (exact) mass is 514 g/mol. The van der Waals surface area contributed by atoms with Crippen molar-refractivity contribution in [3.63, 3.8) is 0 Å². The largest absolute Gasteiger partial charge is 0.345 e. The van der Waals surface area contributed by atoms with Crippen LogP contribution in [-0.2, 0) is 0 Å². The van der Waals surface area contributed by atoms with Gasteiger partial charge in [0.2, 0.25) is 5.69 Å². The number of anilines is 4. The van der Waals surface area contributed by atoms with Gasteiger partial charge in [-0.3, -0.25) is 0 Å². The van der Waals surface area contributed by atoms with Crippen LogP contribution in [0.3, 0.4) is 0 Å². The second kappa shape index (κ2) is 11.7. The van der Waals surface area contributed by atoms with Crippen LogP contribution >= 0.6 is 0 Å². The molecule has 0 atom stereocenters. The van der Waals surface area contributed by atoms with Gasteiger partial charge in [0.15, 0.2) is 0 Å². The quantitative estimate of drug-likeness (QED) is 0.307. The van der Waals surface area contributed by atoms with Crippen molar-refractivity contribution in [2.45, 2.75) is 76.3 Å². The van der Waals surface area contributed by atoms with E-state index in [2.05, 4.69) is 10.9 Å². The molecule has 0 spiro atoms. The summed E-state index contributed by atoms with van der Waals surface area (Å²) >= 11 is 0. The lowest BCUT2D eigenvalue weighted by Crippen LogP contribution is -2.35. The van der Waals surface area contributed by atoms with Crippen molar-refractivity contribution >= 4 is 28.4 Å². The Morgan fingerprint density at radius 3 is 1.63 bits per heavy atom. The average molecular weight is 515 g/mol. The highest BCUT2D eigenvalue weighted by Crippen LogP contribution is 2.46. The van der Waals surface area contributed by atoms with Crippen LogP contribution in [0.2, 0.25) is 0 Å². The fourth-order valence-electron chi connectivity index (χ4n) is 6.16. The standard InChI is InChI=1S/C32H32F2N4.2H2/c1-36-28-21-31(37(24-12-4-2-5-13-24)29-18-10-8-16-26(29)33)23(22-35)20-32(28)38(25-14-6-3-7-15-25)30-19-11-9-17-27(30)34;;/h8-11,16-21,24-25H,2-7,12-15H2;2*1H. The van der Waals surface area contributed by atoms with Crippen LogP contribution in [0.5, 0.6) is 0 Å². The summed E-state index contributed by atoms with van der Waals surface area (Å²) in [6, 6.07) is 19.1. The van der Waals surface area contributed by atoms with Crippen molar-refractivity contribution in [1.82, 2.24) is 0 Å². The summed E-state index contributed by atoms with van der Waals surface area (Å²) in [6.07, 6.45) is 9.97. The normalized spacial score (nSPS) is 16.4. The second-order valence-corrected chi connectivity index (χ2v) is 10.3. The van der Waals surface area contributed by atoms with Gasteiger partial charge in [0.1, 0.15) is 17.7 Å². The van der Waals surface area contributed by atoms with Crippen molar-refractivity contribution in [3.05, 3.63) is 89.3 Å². The predicted octanol–water partition coefficient (Wildman–Crippen LogP) is 9.82. The molecule has 0 amide bonds. The minimum atomic E-state index is -0.356. The van der Waals surface area contributed by atoms with Gasteiger partial charge in [0.25, 0.3) is 0 Å². The molecule has 3 aromatic carbocycles. The van der Waals surface area contributed by atoms with Crippen LogP contribution in [0.4, 0.5) is 37.2 Å². The van der Waals surface area contributed by atoms with E-state index in [4.69, 9.17) is 6.57 Å².